The first-order valence-corrected chi connectivity index (χ1v) is 8.86. The fourth-order valence-electron chi connectivity index (χ4n) is 2.69. The lowest BCUT2D eigenvalue weighted by Crippen LogP contribution is -2.32. The third-order valence-electron chi connectivity index (χ3n) is 3.92. The first kappa shape index (κ1) is 18.9. The molecule has 4 nitrogen and oxygen atoms in total. The van der Waals surface area contributed by atoms with Crippen LogP contribution in [0.5, 0.6) is 0 Å². The van der Waals surface area contributed by atoms with Crippen LogP contribution in [0.25, 0.3) is 0 Å². The van der Waals surface area contributed by atoms with Crippen LogP contribution in [-0.4, -0.2) is 35.4 Å². The highest BCUT2D eigenvalue weighted by molar-refractivity contribution is 5.94. The number of rotatable bonds is 9. The number of amides is 1. The maximum absolute atomic E-state index is 12.9. The number of nitrogens with zero attached hydrogens (tertiary/aromatic N) is 2. The highest BCUT2D eigenvalue weighted by Gasteiger charge is 2.14. The SMILES string of the molecule is CCCN(CCC)C(=O)c1cncc(NCCc2ccc(F)cc2)c1. The van der Waals surface area contributed by atoms with E-state index >= 15 is 0 Å². The minimum atomic E-state index is -0.226. The molecule has 134 valence electrons. The van der Waals surface area contributed by atoms with Crippen molar-refractivity contribution < 1.29 is 9.18 Å². The molecule has 0 atom stereocenters. The van der Waals surface area contributed by atoms with Crippen molar-refractivity contribution in [3.8, 4) is 0 Å². The number of carbonyl (C=O) groups is 1. The zero-order valence-electron chi connectivity index (χ0n) is 15.0. The van der Waals surface area contributed by atoms with Crippen LogP contribution in [0.3, 0.4) is 0 Å². The molecule has 2 rings (SSSR count). The topological polar surface area (TPSA) is 45.2 Å². The Morgan fingerprint density at radius 1 is 1.12 bits per heavy atom. The van der Waals surface area contributed by atoms with E-state index in [1.54, 1.807) is 24.5 Å². The summed E-state index contributed by atoms with van der Waals surface area (Å²) in [6, 6.07) is 8.34. The van der Waals surface area contributed by atoms with Gasteiger partial charge in [0, 0.05) is 32.0 Å². The van der Waals surface area contributed by atoms with Gasteiger partial charge in [0.1, 0.15) is 5.82 Å². The third-order valence-corrected chi connectivity index (χ3v) is 3.92. The van der Waals surface area contributed by atoms with Crippen LogP contribution in [0.1, 0.15) is 42.6 Å². The fraction of sp³-hybridized carbons (Fsp3) is 0.400. The van der Waals surface area contributed by atoms with Crippen molar-refractivity contribution in [1.82, 2.24) is 9.88 Å². The Kier molecular flexibility index (Phi) is 7.38. The molecule has 25 heavy (non-hydrogen) atoms. The number of hydrogen-bond acceptors (Lipinski definition) is 3. The molecule has 0 aliphatic carbocycles. The summed E-state index contributed by atoms with van der Waals surface area (Å²) in [7, 11) is 0. The first-order chi connectivity index (χ1) is 12.1. The molecule has 1 aromatic heterocycles. The van der Waals surface area contributed by atoms with E-state index in [-0.39, 0.29) is 11.7 Å². The molecule has 0 radical (unpaired) electrons. The summed E-state index contributed by atoms with van der Waals surface area (Å²) in [5.41, 5.74) is 2.49. The highest BCUT2D eigenvalue weighted by Crippen LogP contribution is 2.12. The maximum Gasteiger partial charge on any atom is 0.255 e. The van der Waals surface area contributed by atoms with Crippen molar-refractivity contribution >= 4 is 11.6 Å². The van der Waals surface area contributed by atoms with Crippen LogP contribution in [0, 0.1) is 5.82 Å². The lowest BCUT2D eigenvalue weighted by Gasteiger charge is -2.21. The molecule has 0 fully saturated rings. The monoisotopic (exact) mass is 343 g/mol. The van der Waals surface area contributed by atoms with E-state index in [2.05, 4.69) is 24.1 Å². The van der Waals surface area contributed by atoms with Gasteiger partial charge in [-0.15, -0.1) is 0 Å². The van der Waals surface area contributed by atoms with Crippen molar-refractivity contribution in [3.63, 3.8) is 0 Å². The zero-order valence-corrected chi connectivity index (χ0v) is 15.0. The molecule has 1 N–H and O–H groups in total. The molecule has 0 aliphatic rings. The summed E-state index contributed by atoms with van der Waals surface area (Å²) in [6.07, 6.45) is 5.98. The van der Waals surface area contributed by atoms with Crippen LogP contribution < -0.4 is 5.32 Å². The van der Waals surface area contributed by atoms with Gasteiger partial charge in [-0.1, -0.05) is 26.0 Å². The number of carbonyl (C=O) groups excluding carboxylic acids is 1. The van der Waals surface area contributed by atoms with Gasteiger partial charge >= 0.3 is 0 Å². The summed E-state index contributed by atoms with van der Waals surface area (Å²) >= 11 is 0. The molecule has 2 aromatic rings. The van der Waals surface area contributed by atoms with Gasteiger partial charge in [0.15, 0.2) is 0 Å². The summed E-state index contributed by atoms with van der Waals surface area (Å²) < 4.78 is 12.9. The second-order valence-corrected chi connectivity index (χ2v) is 6.06. The van der Waals surface area contributed by atoms with Crippen molar-refractivity contribution in [3.05, 3.63) is 59.7 Å². The molecule has 1 amide bonds. The molecule has 0 spiro atoms. The molecule has 1 heterocycles. The van der Waals surface area contributed by atoms with E-state index < -0.39 is 0 Å². The zero-order chi connectivity index (χ0) is 18.1. The summed E-state index contributed by atoms with van der Waals surface area (Å²) in [5, 5.41) is 3.28. The van der Waals surface area contributed by atoms with Crippen molar-refractivity contribution in [2.24, 2.45) is 0 Å². The Morgan fingerprint density at radius 2 is 1.80 bits per heavy atom. The number of benzene rings is 1. The van der Waals surface area contributed by atoms with Gasteiger partial charge in [-0.3, -0.25) is 9.78 Å². The average molecular weight is 343 g/mol. The molecule has 1 aromatic carbocycles. The van der Waals surface area contributed by atoms with Crippen LogP contribution in [-0.2, 0) is 6.42 Å². The van der Waals surface area contributed by atoms with E-state index in [9.17, 15) is 9.18 Å². The first-order valence-electron chi connectivity index (χ1n) is 8.86. The molecule has 0 saturated heterocycles. The summed E-state index contributed by atoms with van der Waals surface area (Å²) in [4.78, 5) is 18.7. The second-order valence-electron chi connectivity index (χ2n) is 6.06. The van der Waals surface area contributed by atoms with Gasteiger partial charge in [-0.05, 0) is 43.0 Å². The molecule has 0 saturated carbocycles. The maximum atomic E-state index is 12.9. The fourth-order valence-corrected chi connectivity index (χ4v) is 2.69. The van der Waals surface area contributed by atoms with E-state index in [1.165, 1.54) is 12.1 Å². The Morgan fingerprint density at radius 3 is 2.44 bits per heavy atom. The average Bonchev–Trinajstić information content (AvgIpc) is 2.63. The number of anilines is 1. The van der Waals surface area contributed by atoms with Gasteiger partial charge in [-0.2, -0.15) is 0 Å². The third kappa shape index (κ3) is 5.85. The quantitative estimate of drug-likeness (QED) is 0.744. The molecule has 5 heteroatoms. The summed E-state index contributed by atoms with van der Waals surface area (Å²) in [5.74, 6) is -0.200. The highest BCUT2D eigenvalue weighted by atomic mass is 19.1. The van der Waals surface area contributed by atoms with Gasteiger partial charge in [0.05, 0.1) is 11.3 Å². The Labute approximate surface area is 149 Å². The standard InChI is InChI=1S/C20H26FN3O/c1-3-11-24(12-4-2)20(25)17-13-19(15-22-14-17)23-10-9-16-5-7-18(21)8-6-16/h5-8,13-15,23H,3-4,9-12H2,1-2H3. The van der Waals surface area contributed by atoms with Gasteiger partial charge < -0.3 is 10.2 Å². The minimum Gasteiger partial charge on any atom is -0.383 e. The molecular formula is C20H26FN3O. The van der Waals surface area contributed by atoms with E-state index in [0.29, 0.717) is 12.1 Å². The van der Waals surface area contributed by atoms with Crippen molar-refractivity contribution in [1.29, 1.82) is 0 Å². The lowest BCUT2D eigenvalue weighted by molar-refractivity contribution is 0.0755. The van der Waals surface area contributed by atoms with Gasteiger partial charge in [0.2, 0.25) is 0 Å². The number of halogens is 1. The van der Waals surface area contributed by atoms with Crippen LogP contribution in [0.15, 0.2) is 42.7 Å². The smallest absolute Gasteiger partial charge is 0.255 e. The number of aromatic nitrogens is 1. The van der Waals surface area contributed by atoms with E-state index in [4.69, 9.17) is 0 Å². The normalized spacial score (nSPS) is 10.5. The number of pyridine rings is 1. The van der Waals surface area contributed by atoms with Gasteiger partial charge in [0.25, 0.3) is 5.91 Å². The predicted octanol–water partition coefficient (Wildman–Crippen LogP) is 4.14. The van der Waals surface area contributed by atoms with Crippen LogP contribution >= 0.6 is 0 Å². The molecule has 0 aliphatic heterocycles. The number of nitrogens with one attached hydrogen (secondary N) is 1. The largest absolute Gasteiger partial charge is 0.383 e. The van der Waals surface area contributed by atoms with Crippen molar-refractivity contribution in [2.45, 2.75) is 33.1 Å². The molecule has 0 bridgehead atoms. The molecule has 0 unspecified atom stereocenters. The van der Waals surface area contributed by atoms with Gasteiger partial charge in [-0.25, -0.2) is 4.39 Å². The van der Waals surface area contributed by atoms with E-state index in [0.717, 1.165) is 43.6 Å². The Bertz CT molecular complexity index is 667. The predicted molar refractivity (Wildman–Crippen MR) is 99.3 cm³/mol. The Balaban J connectivity index is 1.95. The van der Waals surface area contributed by atoms with Crippen LogP contribution in [0.4, 0.5) is 10.1 Å². The molecular weight excluding hydrogens is 317 g/mol. The number of hydrogen-bond donors (Lipinski definition) is 1. The van der Waals surface area contributed by atoms with Crippen LogP contribution in [0.2, 0.25) is 0 Å². The second kappa shape index (κ2) is 9.77. The summed E-state index contributed by atoms with van der Waals surface area (Å²) in [6.45, 7) is 6.35. The lowest BCUT2D eigenvalue weighted by atomic mass is 10.1. The van der Waals surface area contributed by atoms with Crippen molar-refractivity contribution in [2.75, 3.05) is 25.0 Å². The Hall–Kier alpha value is -2.43. The van der Waals surface area contributed by atoms with E-state index in [1.807, 2.05) is 11.0 Å². The minimum absolute atomic E-state index is 0.0263.